The van der Waals surface area contributed by atoms with Crippen LogP contribution in [0, 0.1) is 18.8 Å². The molecule has 3 N–H and O–H groups in total. The number of piperidine rings is 1. The van der Waals surface area contributed by atoms with Crippen molar-refractivity contribution < 1.29 is 22.7 Å². The number of likely N-dealkylation sites (tertiary alicyclic amines) is 1. The molecule has 5 rings (SSSR count). The summed E-state index contributed by atoms with van der Waals surface area (Å²) in [6, 6.07) is 10.2. The van der Waals surface area contributed by atoms with E-state index >= 15 is 0 Å². The smallest absolute Gasteiger partial charge is 0.406 e. The van der Waals surface area contributed by atoms with Crippen molar-refractivity contribution in [2.45, 2.75) is 32.2 Å². The largest absolute Gasteiger partial charge is 0.573 e. The SMILES string of the molecule is Cc1ccc(NC(=O)c2cccc(OC(F)(F)F)c2)cc1C#Cc1nn(C2CCN(C)CC2)c2ncnc(N)c12. The van der Waals surface area contributed by atoms with Crippen molar-refractivity contribution >= 4 is 28.4 Å². The zero-order chi connectivity index (χ0) is 28.4. The van der Waals surface area contributed by atoms with E-state index in [1.807, 2.05) is 11.6 Å². The first-order valence-corrected chi connectivity index (χ1v) is 12.5. The number of aromatic nitrogens is 4. The lowest BCUT2D eigenvalue weighted by molar-refractivity contribution is -0.274. The zero-order valence-electron chi connectivity index (χ0n) is 21.8. The van der Waals surface area contributed by atoms with Gasteiger partial charge in [-0.2, -0.15) is 5.10 Å². The molecule has 1 aliphatic rings. The number of carbonyl (C=O) groups is 1. The molecule has 0 atom stereocenters. The van der Waals surface area contributed by atoms with Gasteiger partial charge in [-0.25, -0.2) is 14.6 Å². The molecule has 1 aliphatic heterocycles. The molecule has 1 fully saturated rings. The van der Waals surface area contributed by atoms with Gasteiger partial charge in [-0.05, 0) is 81.7 Å². The molecule has 3 heterocycles. The van der Waals surface area contributed by atoms with Crippen LogP contribution in [0.15, 0.2) is 48.8 Å². The monoisotopic (exact) mass is 549 g/mol. The van der Waals surface area contributed by atoms with Gasteiger partial charge in [0.25, 0.3) is 5.91 Å². The second kappa shape index (κ2) is 10.9. The van der Waals surface area contributed by atoms with Crippen LogP contribution in [-0.4, -0.2) is 57.1 Å². The van der Waals surface area contributed by atoms with E-state index < -0.39 is 18.0 Å². The minimum Gasteiger partial charge on any atom is -0.406 e. The number of nitrogens with zero attached hydrogens (tertiary/aromatic N) is 5. The average Bonchev–Trinajstić information content (AvgIpc) is 3.28. The number of hydrogen-bond acceptors (Lipinski definition) is 7. The highest BCUT2D eigenvalue weighted by atomic mass is 19.4. The molecule has 0 radical (unpaired) electrons. The van der Waals surface area contributed by atoms with Gasteiger partial charge in [-0.3, -0.25) is 4.79 Å². The third-order valence-electron chi connectivity index (χ3n) is 6.69. The van der Waals surface area contributed by atoms with E-state index in [2.05, 4.69) is 43.8 Å². The minimum atomic E-state index is -4.86. The third kappa shape index (κ3) is 6.00. The number of nitrogens with one attached hydrogen (secondary N) is 1. The number of benzene rings is 2. The van der Waals surface area contributed by atoms with Gasteiger partial charge >= 0.3 is 6.36 Å². The maximum Gasteiger partial charge on any atom is 0.573 e. The third-order valence-corrected chi connectivity index (χ3v) is 6.69. The zero-order valence-corrected chi connectivity index (χ0v) is 21.8. The van der Waals surface area contributed by atoms with Crippen molar-refractivity contribution in [3.05, 3.63) is 71.2 Å². The first-order valence-electron chi connectivity index (χ1n) is 12.5. The van der Waals surface area contributed by atoms with Gasteiger partial charge < -0.3 is 20.7 Å². The Labute approximate surface area is 228 Å². The summed E-state index contributed by atoms with van der Waals surface area (Å²) in [6.45, 7) is 3.77. The summed E-state index contributed by atoms with van der Waals surface area (Å²) in [5.41, 5.74) is 9.22. The average molecular weight is 550 g/mol. The molecular weight excluding hydrogens is 523 g/mol. The number of ether oxygens (including phenoxy) is 1. The normalized spacial score (nSPS) is 14.5. The first kappa shape index (κ1) is 27.0. The fourth-order valence-electron chi connectivity index (χ4n) is 4.58. The van der Waals surface area contributed by atoms with Gasteiger partial charge in [-0.1, -0.05) is 18.1 Å². The fraction of sp³-hybridized carbons (Fsp3) is 0.286. The van der Waals surface area contributed by atoms with Crippen LogP contribution in [0.25, 0.3) is 11.0 Å². The summed E-state index contributed by atoms with van der Waals surface area (Å²) in [4.78, 5) is 23.6. The highest BCUT2D eigenvalue weighted by Crippen LogP contribution is 2.29. The maximum absolute atomic E-state index is 12.7. The van der Waals surface area contributed by atoms with Crippen molar-refractivity contribution in [2.75, 3.05) is 31.2 Å². The molecule has 2 aromatic heterocycles. The van der Waals surface area contributed by atoms with Crippen molar-refractivity contribution in [3.63, 3.8) is 0 Å². The van der Waals surface area contributed by atoms with Crippen LogP contribution in [0.2, 0.25) is 0 Å². The number of rotatable bonds is 4. The number of nitrogens with two attached hydrogens (primary N) is 1. The number of alkyl halides is 3. The Kier molecular flexibility index (Phi) is 7.32. The molecule has 0 saturated carbocycles. The number of hydrogen-bond donors (Lipinski definition) is 2. The standard InChI is InChI=1S/C28H26F3N7O2/c1-17-6-8-20(35-27(39)19-4-3-5-22(15-19)40-28(29,30)31)14-18(17)7-9-23-24-25(32)33-16-34-26(24)38(36-23)21-10-12-37(2)13-11-21/h3-6,8,14-16,21H,10-13H2,1-2H3,(H,35,39)(H2,32,33,34). The van der Waals surface area contributed by atoms with E-state index in [1.165, 1.54) is 18.5 Å². The predicted octanol–water partition coefficient (Wildman–Crippen LogP) is 4.53. The van der Waals surface area contributed by atoms with E-state index in [-0.39, 0.29) is 11.6 Å². The lowest BCUT2D eigenvalue weighted by atomic mass is 10.1. The number of aryl methyl sites for hydroxylation is 1. The first-order chi connectivity index (χ1) is 19.1. The van der Waals surface area contributed by atoms with Crippen LogP contribution < -0.4 is 15.8 Å². The summed E-state index contributed by atoms with van der Waals surface area (Å²) >= 11 is 0. The van der Waals surface area contributed by atoms with Crippen LogP contribution >= 0.6 is 0 Å². The Morgan fingerprint density at radius 1 is 1.12 bits per heavy atom. The molecule has 2 aromatic carbocycles. The van der Waals surface area contributed by atoms with Crippen LogP contribution in [0.4, 0.5) is 24.7 Å². The summed E-state index contributed by atoms with van der Waals surface area (Å²) in [5.74, 6) is 5.45. The summed E-state index contributed by atoms with van der Waals surface area (Å²) in [6.07, 6.45) is -1.58. The highest BCUT2D eigenvalue weighted by Gasteiger charge is 2.31. The Morgan fingerprint density at radius 2 is 1.90 bits per heavy atom. The molecule has 206 valence electrons. The van der Waals surface area contributed by atoms with Crippen molar-refractivity contribution in [1.82, 2.24) is 24.6 Å². The second-order valence-corrected chi connectivity index (χ2v) is 9.59. The molecule has 0 spiro atoms. The van der Waals surface area contributed by atoms with Crippen molar-refractivity contribution in [1.29, 1.82) is 0 Å². The van der Waals surface area contributed by atoms with Gasteiger partial charge in [0.15, 0.2) is 5.65 Å². The molecule has 0 unspecified atom stereocenters. The number of nitrogen functional groups attached to an aromatic ring is 1. The Balaban J connectivity index is 1.41. The number of anilines is 2. The Hall–Kier alpha value is -4.63. The maximum atomic E-state index is 12.7. The van der Waals surface area contributed by atoms with Gasteiger partial charge in [0.2, 0.25) is 0 Å². The Morgan fingerprint density at radius 3 is 2.65 bits per heavy atom. The van der Waals surface area contributed by atoms with Crippen molar-refractivity contribution in [3.8, 4) is 17.6 Å². The molecule has 12 heteroatoms. The van der Waals surface area contributed by atoms with Crippen molar-refractivity contribution in [2.24, 2.45) is 0 Å². The molecule has 40 heavy (non-hydrogen) atoms. The lowest BCUT2D eigenvalue weighted by Gasteiger charge is -2.29. The number of halogens is 3. The topological polar surface area (TPSA) is 111 Å². The van der Waals surface area contributed by atoms with E-state index in [9.17, 15) is 18.0 Å². The minimum absolute atomic E-state index is 0.0105. The summed E-state index contributed by atoms with van der Waals surface area (Å²) in [5, 5.41) is 8.06. The molecular formula is C28H26F3N7O2. The highest BCUT2D eigenvalue weighted by molar-refractivity contribution is 6.04. The molecule has 0 aliphatic carbocycles. The molecule has 9 nitrogen and oxygen atoms in total. The fourth-order valence-corrected chi connectivity index (χ4v) is 4.58. The summed E-state index contributed by atoms with van der Waals surface area (Å²) in [7, 11) is 2.09. The molecule has 4 aromatic rings. The van der Waals surface area contributed by atoms with Gasteiger partial charge in [0, 0.05) is 16.8 Å². The molecule has 1 amide bonds. The van der Waals surface area contributed by atoms with E-state index in [4.69, 9.17) is 10.8 Å². The predicted molar refractivity (Wildman–Crippen MR) is 144 cm³/mol. The van der Waals surface area contributed by atoms with E-state index in [0.29, 0.717) is 33.8 Å². The number of fused-ring (bicyclic) bond motifs is 1. The summed E-state index contributed by atoms with van der Waals surface area (Å²) < 4.78 is 43.5. The molecule has 1 saturated heterocycles. The van der Waals surface area contributed by atoms with E-state index in [0.717, 1.165) is 43.6 Å². The quantitative estimate of drug-likeness (QED) is 0.360. The van der Waals surface area contributed by atoms with Crippen LogP contribution in [0.3, 0.4) is 0 Å². The molecule has 0 bridgehead atoms. The van der Waals surface area contributed by atoms with Crippen LogP contribution in [0.5, 0.6) is 5.75 Å². The van der Waals surface area contributed by atoms with Gasteiger partial charge in [-0.15, -0.1) is 13.2 Å². The van der Waals surface area contributed by atoms with Crippen LogP contribution in [0.1, 0.15) is 46.1 Å². The lowest BCUT2D eigenvalue weighted by Crippen LogP contribution is -2.32. The number of amides is 1. The number of carbonyl (C=O) groups excluding carboxylic acids is 1. The Bertz CT molecular complexity index is 1630. The second-order valence-electron chi connectivity index (χ2n) is 9.59. The van der Waals surface area contributed by atoms with Crippen LogP contribution in [-0.2, 0) is 0 Å². The van der Waals surface area contributed by atoms with Gasteiger partial charge in [0.05, 0.1) is 11.4 Å². The van der Waals surface area contributed by atoms with E-state index in [1.54, 1.807) is 18.2 Å². The van der Waals surface area contributed by atoms with Gasteiger partial charge in [0.1, 0.15) is 23.6 Å².